The van der Waals surface area contributed by atoms with Crippen molar-refractivity contribution in [2.75, 3.05) is 13.1 Å². The van der Waals surface area contributed by atoms with Crippen molar-refractivity contribution in [3.05, 3.63) is 17.3 Å². The van der Waals surface area contributed by atoms with Gasteiger partial charge in [-0.15, -0.1) is 0 Å². The van der Waals surface area contributed by atoms with Crippen LogP contribution in [-0.2, 0) is 9.53 Å². The normalized spacial score (nSPS) is 22.0. The first-order valence-electron chi connectivity index (χ1n) is 7.49. The fraction of sp³-hybridized carbons (Fsp3) is 0.688. The molecule has 1 aromatic rings. The number of likely N-dealkylation sites (tertiary alicyclic amines) is 1. The zero-order chi connectivity index (χ0) is 16.7. The number of oxazole rings is 1. The number of hydrogen-bond acceptors (Lipinski definition) is 5. The van der Waals surface area contributed by atoms with Crippen LogP contribution >= 0.6 is 0 Å². The molecule has 0 radical (unpaired) electrons. The number of hydrogen-bond donors (Lipinski definition) is 0. The van der Waals surface area contributed by atoms with Crippen LogP contribution in [0.4, 0.5) is 0 Å². The van der Waals surface area contributed by atoms with E-state index in [1.807, 2.05) is 27.7 Å². The molecule has 0 bridgehead atoms. The van der Waals surface area contributed by atoms with Gasteiger partial charge < -0.3 is 14.1 Å². The van der Waals surface area contributed by atoms with Gasteiger partial charge in [0.15, 0.2) is 11.6 Å². The predicted molar refractivity (Wildman–Crippen MR) is 80.4 cm³/mol. The molecule has 2 heterocycles. The van der Waals surface area contributed by atoms with Gasteiger partial charge in [0.1, 0.15) is 11.4 Å². The van der Waals surface area contributed by atoms with Gasteiger partial charge in [-0.25, -0.2) is 4.98 Å². The van der Waals surface area contributed by atoms with Gasteiger partial charge in [-0.3, -0.25) is 9.59 Å². The Morgan fingerprint density at radius 3 is 2.45 bits per heavy atom. The second kappa shape index (κ2) is 5.41. The summed E-state index contributed by atoms with van der Waals surface area (Å²) in [7, 11) is 0. The van der Waals surface area contributed by atoms with E-state index >= 15 is 0 Å². The Labute approximate surface area is 130 Å². The van der Waals surface area contributed by atoms with E-state index in [0.29, 0.717) is 36.9 Å². The van der Waals surface area contributed by atoms with Crippen molar-refractivity contribution in [3.63, 3.8) is 0 Å². The predicted octanol–water partition coefficient (Wildman–Crippen LogP) is 2.49. The molecule has 1 aromatic heterocycles. The number of aromatic nitrogens is 1. The first-order valence-corrected chi connectivity index (χ1v) is 7.49. The largest absolute Gasteiger partial charge is 0.459 e. The Kier molecular flexibility index (Phi) is 4.06. The van der Waals surface area contributed by atoms with Crippen molar-refractivity contribution >= 4 is 11.9 Å². The molecule has 1 atom stereocenters. The summed E-state index contributed by atoms with van der Waals surface area (Å²) >= 11 is 0. The quantitative estimate of drug-likeness (QED) is 0.785. The molecule has 6 nitrogen and oxygen atoms in total. The van der Waals surface area contributed by atoms with E-state index in [4.69, 9.17) is 9.15 Å². The first kappa shape index (κ1) is 16.5. The third kappa shape index (κ3) is 3.31. The third-order valence-electron chi connectivity index (χ3n) is 3.76. The van der Waals surface area contributed by atoms with Crippen molar-refractivity contribution in [1.82, 2.24) is 9.88 Å². The lowest BCUT2D eigenvalue weighted by molar-refractivity contribution is -0.165. The third-order valence-corrected chi connectivity index (χ3v) is 3.76. The van der Waals surface area contributed by atoms with Gasteiger partial charge in [0, 0.05) is 20.0 Å². The number of aryl methyl sites for hydroxylation is 2. The highest BCUT2D eigenvalue weighted by Gasteiger charge is 2.45. The minimum atomic E-state index is -0.671. The lowest BCUT2D eigenvalue weighted by Crippen LogP contribution is -2.39. The molecule has 0 saturated carbocycles. The molecule has 1 fully saturated rings. The molecule has 0 aromatic carbocycles. The van der Waals surface area contributed by atoms with Gasteiger partial charge in [-0.1, -0.05) is 0 Å². The van der Waals surface area contributed by atoms with Crippen LogP contribution in [0.3, 0.4) is 0 Å². The van der Waals surface area contributed by atoms with E-state index < -0.39 is 11.0 Å². The van der Waals surface area contributed by atoms with E-state index in [9.17, 15) is 9.59 Å². The van der Waals surface area contributed by atoms with E-state index in [1.54, 1.807) is 18.7 Å². The van der Waals surface area contributed by atoms with Gasteiger partial charge in [-0.05, 0) is 41.0 Å². The lowest BCUT2D eigenvalue weighted by Gasteiger charge is -2.28. The molecule has 1 amide bonds. The van der Waals surface area contributed by atoms with Crippen LogP contribution in [0.25, 0.3) is 0 Å². The van der Waals surface area contributed by atoms with Gasteiger partial charge in [0.05, 0.1) is 5.41 Å². The van der Waals surface area contributed by atoms with E-state index in [1.165, 1.54) is 0 Å². The molecule has 0 aliphatic carbocycles. The van der Waals surface area contributed by atoms with Crippen molar-refractivity contribution in [2.24, 2.45) is 5.41 Å². The summed E-state index contributed by atoms with van der Waals surface area (Å²) in [5, 5.41) is 0. The molecule has 0 N–H and O–H groups in total. The number of nitrogens with zero attached hydrogens (tertiary/aromatic N) is 2. The summed E-state index contributed by atoms with van der Waals surface area (Å²) in [5.41, 5.74) is -0.876. The van der Waals surface area contributed by atoms with Crippen LogP contribution in [0.1, 0.15) is 56.3 Å². The molecule has 0 spiro atoms. The molecular weight excluding hydrogens is 284 g/mol. The maximum atomic E-state index is 12.5. The minimum Gasteiger partial charge on any atom is -0.459 e. The number of amides is 1. The number of rotatable bonds is 2. The summed E-state index contributed by atoms with van der Waals surface area (Å²) in [4.78, 5) is 30.7. The second-order valence-corrected chi connectivity index (χ2v) is 7.18. The zero-order valence-corrected chi connectivity index (χ0v) is 14.1. The Morgan fingerprint density at radius 2 is 1.95 bits per heavy atom. The first-order chi connectivity index (χ1) is 10.0. The molecule has 6 heteroatoms. The smallest absolute Gasteiger partial charge is 0.314 e. The summed E-state index contributed by atoms with van der Waals surface area (Å²) in [6.07, 6.45) is 0.587. The number of carbonyl (C=O) groups excluding carboxylic acids is 2. The Morgan fingerprint density at radius 1 is 1.32 bits per heavy atom. The Balaban J connectivity index is 2.10. The molecule has 1 aliphatic heterocycles. The molecule has 122 valence electrons. The number of esters is 1. The van der Waals surface area contributed by atoms with Crippen molar-refractivity contribution in [2.45, 2.75) is 53.6 Å². The highest BCUT2D eigenvalue weighted by molar-refractivity contribution is 5.94. The average molecular weight is 308 g/mol. The number of ether oxygens (including phenoxy) is 1. The molecule has 1 aliphatic rings. The lowest BCUT2D eigenvalue weighted by atomic mass is 9.90. The van der Waals surface area contributed by atoms with E-state index in [-0.39, 0.29) is 11.9 Å². The summed E-state index contributed by atoms with van der Waals surface area (Å²) in [6, 6.07) is 0. The molecule has 1 saturated heterocycles. The highest BCUT2D eigenvalue weighted by Crippen LogP contribution is 2.33. The van der Waals surface area contributed by atoms with Gasteiger partial charge in [0.2, 0.25) is 0 Å². The molecule has 22 heavy (non-hydrogen) atoms. The Hall–Kier alpha value is -1.85. The van der Waals surface area contributed by atoms with Crippen LogP contribution in [0.2, 0.25) is 0 Å². The molecular formula is C16H24N2O4. The molecule has 2 rings (SSSR count). The molecule has 1 unspecified atom stereocenters. The van der Waals surface area contributed by atoms with Crippen molar-refractivity contribution in [3.8, 4) is 0 Å². The minimum absolute atomic E-state index is 0.193. The van der Waals surface area contributed by atoms with Gasteiger partial charge >= 0.3 is 5.97 Å². The van der Waals surface area contributed by atoms with Gasteiger partial charge in [0.25, 0.3) is 5.91 Å². The van der Waals surface area contributed by atoms with Crippen LogP contribution in [0.15, 0.2) is 4.42 Å². The average Bonchev–Trinajstić information content (AvgIpc) is 2.91. The fourth-order valence-corrected chi connectivity index (χ4v) is 2.58. The van der Waals surface area contributed by atoms with E-state index in [0.717, 1.165) is 0 Å². The van der Waals surface area contributed by atoms with Crippen LogP contribution in [-0.4, -0.2) is 40.5 Å². The standard InChI is InChI=1S/C16H24N2O4/c1-10-12(17-11(2)21-10)13(19)18-8-7-16(6,9-18)14(20)22-15(3,4)5/h7-9H2,1-6H3. The highest BCUT2D eigenvalue weighted by atomic mass is 16.6. The second-order valence-electron chi connectivity index (χ2n) is 7.18. The van der Waals surface area contributed by atoms with Gasteiger partial charge in [-0.2, -0.15) is 0 Å². The fourth-order valence-electron chi connectivity index (χ4n) is 2.58. The summed E-state index contributed by atoms with van der Waals surface area (Å²) in [5.74, 6) is 0.522. The monoisotopic (exact) mass is 308 g/mol. The summed E-state index contributed by atoms with van der Waals surface area (Å²) < 4.78 is 10.8. The zero-order valence-electron chi connectivity index (χ0n) is 14.1. The SMILES string of the molecule is Cc1nc(C(=O)N2CCC(C)(C(=O)OC(C)(C)C)C2)c(C)o1. The maximum absolute atomic E-state index is 12.5. The summed E-state index contributed by atoms with van der Waals surface area (Å²) in [6.45, 7) is 11.6. The topological polar surface area (TPSA) is 72.6 Å². The van der Waals surface area contributed by atoms with Crippen molar-refractivity contribution < 1.29 is 18.7 Å². The maximum Gasteiger partial charge on any atom is 0.314 e. The van der Waals surface area contributed by atoms with E-state index in [2.05, 4.69) is 4.98 Å². The van der Waals surface area contributed by atoms with Crippen molar-refractivity contribution in [1.29, 1.82) is 0 Å². The van der Waals surface area contributed by atoms with Crippen LogP contribution in [0.5, 0.6) is 0 Å². The van der Waals surface area contributed by atoms with Crippen LogP contribution in [0, 0.1) is 19.3 Å². The number of carbonyl (C=O) groups is 2. The van der Waals surface area contributed by atoms with Crippen LogP contribution < -0.4 is 0 Å². The Bertz CT molecular complexity index is 600.